The molecule has 1 aromatic carbocycles. The normalized spacial score (nSPS) is 10.3. The summed E-state index contributed by atoms with van der Waals surface area (Å²) in [7, 11) is 1.54. The van der Waals surface area contributed by atoms with Gasteiger partial charge in [-0.15, -0.1) is 0 Å². The molecular weight excluding hydrogens is 240 g/mol. The summed E-state index contributed by atoms with van der Waals surface area (Å²) in [5.41, 5.74) is 0.548. The number of Topliss-reactive ketones (excluding diaryl/α,β-unsaturated/α-hetero) is 1. The number of hydrogen-bond acceptors (Lipinski definition) is 3. The molecule has 0 amide bonds. The fraction of sp³-hybridized carbons (Fsp3) is 0.462. The fourth-order valence-electron chi connectivity index (χ4n) is 1.33. The molecule has 0 aliphatic rings. The number of methoxy groups -OCH3 is 1. The lowest BCUT2D eigenvalue weighted by atomic mass is 10.1. The van der Waals surface area contributed by atoms with E-state index in [4.69, 9.17) is 21.1 Å². The van der Waals surface area contributed by atoms with Gasteiger partial charge in [0.1, 0.15) is 12.4 Å². The Hall–Kier alpha value is -1.06. The Morgan fingerprint density at radius 2 is 2.18 bits per heavy atom. The second-order valence-corrected chi connectivity index (χ2v) is 4.09. The van der Waals surface area contributed by atoms with Crippen molar-refractivity contribution < 1.29 is 14.3 Å². The molecule has 4 heteroatoms. The van der Waals surface area contributed by atoms with Crippen molar-refractivity contribution in [2.24, 2.45) is 0 Å². The molecule has 0 fully saturated rings. The maximum atomic E-state index is 11.7. The lowest BCUT2D eigenvalue weighted by Crippen LogP contribution is -2.09. The zero-order chi connectivity index (χ0) is 12.7. The van der Waals surface area contributed by atoms with E-state index in [9.17, 15) is 4.79 Å². The molecule has 0 unspecified atom stereocenters. The quantitative estimate of drug-likeness (QED) is 0.554. The molecule has 0 aliphatic carbocycles. The zero-order valence-electron chi connectivity index (χ0n) is 10.2. The van der Waals surface area contributed by atoms with Gasteiger partial charge in [0.25, 0.3) is 0 Å². The van der Waals surface area contributed by atoms with Crippen molar-refractivity contribution in [3.8, 4) is 5.75 Å². The highest BCUT2D eigenvalue weighted by atomic mass is 35.5. The summed E-state index contributed by atoms with van der Waals surface area (Å²) in [6.07, 6.45) is 2.03. The molecule has 0 atom stereocenters. The van der Waals surface area contributed by atoms with Crippen LogP contribution in [0, 0.1) is 0 Å². The number of ether oxygens (including phenoxy) is 2. The molecule has 17 heavy (non-hydrogen) atoms. The van der Waals surface area contributed by atoms with E-state index in [0.29, 0.717) is 22.9 Å². The van der Waals surface area contributed by atoms with Crippen LogP contribution in [0.2, 0.25) is 5.02 Å². The van der Waals surface area contributed by atoms with Gasteiger partial charge in [-0.3, -0.25) is 4.79 Å². The smallest absolute Gasteiger partial charge is 0.188 e. The van der Waals surface area contributed by atoms with E-state index in [1.165, 1.54) is 7.11 Å². The predicted octanol–water partition coefficient (Wildman–Crippen LogP) is 3.35. The summed E-state index contributed by atoms with van der Waals surface area (Å²) < 4.78 is 10.3. The van der Waals surface area contributed by atoms with Crippen molar-refractivity contribution in [2.75, 3.05) is 20.3 Å². The molecule has 0 bridgehead atoms. The molecule has 94 valence electrons. The van der Waals surface area contributed by atoms with Gasteiger partial charge in [0.15, 0.2) is 5.78 Å². The Balaban J connectivity index is 2.54. The minimum Gasteiger partial charge on any atom is -0.495 e. The van der Waals surface area contributed by atoms with Gasteiger partial charge in [0.2, 0.25) is 0 Å². The first-order valence-electron chi connectivity index (χ1n) is 5.63. The Morgan fingerprint density at radius 1 is 1.41 bits per heavy atom. The first-order chi connectivity index (χ1) is 8.19. The third kappa shape index (κ3) is 4.36. The number of ketones is 1. The number of carbonyl (C=O) groups is 1. The van der Waals surface area contributed by atoms with Gasteiger partial charge in [-0.2, -0.15) is 0 Å². The SMILES string of the molecule is CCCCOCC(=O)c1ccc(OC)c(Cl)c1. The van der Waals surface area contributed by atoms with Crippen LogP contribution in [0.4, 0.5) is 0 Å². The van der Waals surface area contributed by atoms with Crippen LogP contribution in [0.5, 0.6) is 5.75 Å². The van der Waals surface area contributed by atoms with Crippen molar-refractivity contribution in [1.82, 2.24) is 0 Å². The molecule has 3 nitrogen and oxygen atoms in total. The first kappa shape index (κ1) is 14.0. The predicted molar refractivity (Wildman–Crippen MR) is 68.1 cm³/mol. The molecule has 0 N–H and O–H groups in total. The topological polar surface area (TPSA) is 35.5 Å². The van der Waals surface area contributed by atoms with Crippen molar-refractivity contribution in [3.05, 3.63) is 28.8 Å². The number of unbranched alkanes of at least 4 members (excludes halogenated alkanes) is 1. The van der Waals surface area contributed by atoms with Crippen molar-refractivity contribution >= 4 is 17.4 Å². The van der Waals surface area contributed by atoms with Crippen LogP contribution in [-0.4, -0.2) is 26.1 Å². The highest BCUT2D eigenvalue weighted by Crippen LogP contribution is 2.25. The fourth-order valence-corrected chi connectivity index (χ4v) is 1.59. The van der Waals surface area contributed by atoms with Gasteiger partial charge in [-0.1, -0.05) is 24.9 Å². The highest BCUT2D eigenvalue weighted by molar-refractivity contribution is 6.32. The van der Waals surface area contributed by atoms with E-state index in [2.05, 4.69) is 6.92 Å². The third-order valence-corrected chi connectivity index (χ3v) is 2.64. The maximum Gasteiger partial charge on any atom is 0.188 e. The minimum atomic E-state index is -0.0642. The monoisotopic (exact) mass is 256 g/mol. The van der Waals surface area contributed by atoms with Gasteiger partial charge in [0.05, 0.1) is 12.1 Å². The van der Waals surface area contributed by atoms with Crippen molar-refractivity contribution in [1.29, 1.82) is 0 Å². The summed E-state index contributed by atoms with van der Waals surface area (Å²) in [5, 5.41) is 0.437. The second-order valence-electron chi connectivity index (χ2n) is 3.68. The average molecular weight is 257 g/mol. The Morgan fingerprint density at radius 3 is 2.76 bits per heavy atom. The van der Waals surface area contributed by atoms with Gasteiger partial charge >= 0.3 is 0 Å². The van der Waals surface area contributed by atoms with Gasteiger partial charge in [0, 0.05) is 12.2 Å². The van der Waals surface area contributed by atoms with Gasteiger partial charge in [-0.25, -0.2) is 0 Å². The molecule has 0 heterocycles. The highest BCUT2D eigenvalue weighted by Gasteiger charge is 2.09. The van der Waals surface area contributed by atoms with Crippen LogP contribution in [0.15, 0.2) is 18.2 Å². The zero-order valence-corrected chi connectivity index (χ0v) is 10.9. The largest absolute Gasteiger partial charge is 0.495 e. The molecule has 0 saturated carbocycles. The van der Waals surface area contributed by atoms with Crippen LogP contribution < -0.4 is 4.74 Å². The maximum absolute atomic E-state index is 11.7. The standard InChI is InChI=1S/C13H17ClO3/c1-3-4-7-17-9-12(15)10-5-6-13(16-2)11(14)8-10/h5-6,8H,3-4,7,9H2,1-2H3. The number of benzene rings is 1. The summed E-state index contributed by atoms with van der Waals surface area (Å²) >= 11 is 5.94. The van der Waals surface area contributed by atoms with Gasteiger partial charge in [-0.05, 0) is 24.6 Å². The van der Waals surface area contributed by atoms with E-state index in [-0.39, 0.29) is 12.4 Å². The lowest BCUT2D eigenvalue weighted by molar-refractivity contribution is 0.0754. The van der Waals surface area contributed by atoms with E-state index in [1.807, 2.05) is 0 Å². The third-order valence-electron chi connectivity index (χ3n) is 2.35. The number of halogens is 1. The number of hydrogen-bond donors (Lipinski definition) is 0. The first-order valence-corrected chi connectivity index (χ1v) is 6.01. The summed E-state index contributed by atoms with van der Waals surface area (Å²) in [6.45, 7) is 2.79. The van der Waals surface area contributed by atoms with E-state index >= 15 is 0 Å². The molecule has 1 aromatic rings. The molecule has 0 radical (unpaired) electrons. The van der Waals surface area contributed by atoms with Crippen LogP contribution in [0.1, 0.15) is 30.1 Å². The molecular formula is C13H17ClO3. The van der Waals surface area contributed by atoms with E-state index < -0.39 is 0 Å². The Bertz CT molecular complexity index is 377. The summed E-state index contributed by atoms with van der Waals surface area (Å²) in [5.74, 6) is 0.501. The van der Waals surface area contributed by atoms with Crippen LogP contribution in [0.3, 0.4) is 0 Å². The molecule has 0 saturated heterocycles. The van der Waals surface area contributed by atoms with Crippen LogP contribution in [-0.2, 0) is 4.74 Å². The number of carbonyl (C=O) groups excluding carboxylic acids is 1. The van der Waals surface area contributed by atoms with Crippen molar-refractivity contribution in [3.63, 3.8) is 0 Å². The van der Waals surface area contributed by atoms with Crippen molar-refractivity contribution in [2.45, 2.75) is 19.8 Å². The average Bonchev–Trinajstić information content (AvgIpc) is 2.34. The second kappa shape index (κ2) is 7.30. The molecule has 0 spiro atoms. The lowest BCUT2D eigenvalue weighted by Gasteiger charge is -2.06. The van der Waals surface area contributed by atoms with E-state index in [0.717, 1.165) is 12.8 Å². The van der Waals surface area contributed by atoms with E-state index in [1.54, 1.807) is 18.2 Å². The van der Waals surface area contributed by atoms with Crippen LogP contribution >= 0.6 is 11.6 Å². The minimum absolute atomic E-state index is 0.0642. The molecule has 1 rings (SSSR count). The Labute approximate surface area is 107 Å². The Kier molecular flexibility index (Phi) is 6.01. The molecule has 0 aromatic heterocycles. The summed E-state index contributed by atoms with van der Waals surface area (Å²) in [6, 6.07) is 4.98. The summed E-state index contributed by atoms with van der Waals surface area (Å²) in [4.78, 5) is 11.7. The van der Waals surface area contributed by atoms with Gasteiger partial charge < -0.3 is 9.47 Å². The molecule has 0 aliphatic heterocycles. The number of rotatable bonds is 7. The van der Waals surface area contributed by atoms with Crippen LogP contribution in [0.25, 0.3) is 0 Å².